The number of hydrogen-bond donors (Lipinski definition) is 2. The molecule has 5 nitrogen and oxygen atoms in total. The third-order valence-corrected chi connectivity index (χ3v) is 3.99. The van der Waals surface area contributed by atoms with E-state index >= 15 is 0 Å². The number of hydrogen-bond acceptors (Lipinski definition) is 3. The molecule has 0 bridgehead atoms. The lowest BCUT2D eigenvalue weighted by Gasteiger charge is -2.16. The summed E-state index contributed by atoms with van der Waals surface area (Å²) in [6.07, 6.45) is 4.25. The summed E-state index contributed by atoms with van der Waals surface area (Å²) in [5.41, 5.74) is 3.80. The van der Waals surface area contributed by atoms with Crippen molar-refractivity contribution in [3.05, 3.63) is 41.0 Å². The Morgan fingerprint density at radius 3 is 2.84 bits per heavy atom. The van der Waals surface area contributed by atoms with Crippen LogP contribution in [-0.2, 0) is 11.3 Å². The fourth-order valence-electron chi connectivity index (χ4n) is 2.63. The largest absolute Gasteiger partial charge is 0.494 e. The van der Waals surface area contributed by atoms with Crippen LogP contribution < -0.4 is 15.4 Å². The molecule has 0 aromatic heterocycles. The second-order valence-electron chi connectivity index (χ2n) is 5.83. The maximum atomic E-state index is 5.72. The fraction of sp³-hybridized carbons (Fsp3) is 0.526. The number of aliphatic imine (C=N–C) groups is 1. The monoisotopic (exact) mass is 459 g/mol. The number of aryl methyl sites for hydroxylation is 1. The van der Waals surface area contributed by atoms with E-state index in [-0.39, 0.29) is 24.0 Å². The first-order valence-corrected chi connectivity index (χ1v) is 8.65. The molecule has 2 rings (SSSR count). The number of halogens is 1. The van der Waals surface area contributed by atoms with Crippen molar-refractivity contribution in [3.63, 3.8) is 0 Å². The quantitative estimate of drug-likeness (QED) is 0.284. The topological polar surface area (TPSA) is 54.9 Å². The van der Waals surface area contributed by atoms with E-state index in [4.69, 9.17) is 9.47 Å². The van der Waals surface area contributed by atoms with Crippen molar-refractivity contribution in [2.24, 2.45) is 4.99 Å². The Labute approximate surface area is 168 Å². The Morgan fingerprint density at radius 1 is 1.32 bits per heavy atom. The molecule has 0 fully saturated rings. The van der Waals surface area contributed by atoms with Crippen molar-refractivity contribution in [3.8, 4) is 5.75 Å². The van der Waals surface area contributed by atoms with Gasteiger partial charge in [-0.3, -0.25) is 4.99 Å². The number of nitrogens with zero attached hydrogens (tertiary/aromatic N) is 1. The van der Waals surface area contributed by atoms with Gasteiger partial charge in [-0.25, -0.2) is 0 Å². The first kappa shape index (κ1) is 21.8. The van der Waals surface area contributed by atoms with Crippen molar-refractivity contribution in [1.29, 1.82) is 0 Å². The summed E-state index contributed by atoms with van der Waals surface area (Å²) in [7, 11) is 1.79. The van der Waals surface area contributed by atoms with Gasteiger partial charge in [-0.1, -0.05) is 23.8 Å². The minimum absolute atomic E-state index is 0. The third-order valence-electron chi connectivity index (χ3n) is 3.99. The number of benzene rings is 1. The highest BCUT2D eigenvalue weighted by atomic mass is 127. The Bertz CT molecular complexity index is 588. The lowest BCUT2D eigenvalue weighted by Crippen LogP contribution is -2.37. The highest BCUT2D eigenvalue weighted by Crippen LogP contribution is 2.20. The van der Waals surface area contributed by atoms with E-state index in [0.717, 1.165) is 49.9 Å². The Kier molecular flexibility index (Phi) is 10.6. The fourth-order valence-corrected chi connectivity index (χ4v) is 2.63. The number of ether oxygens (including phenoxy) is 2. The van der Waals surface area contributed by atoms with Gasteiger partial charge in [0.2, 0.25) is 0 Å². The highest BCUT2D eigenvalue weighted by molar-refractivity contribution is 14.0. The summed E-state index contributed by atoms with van der Waals surface area (Å²) in [5, 5.41) is 6.72. The van der Waals surface area contributed by atoms with E-state index in [2.05, 4.69) is 46.8 Å². The number of nitrogens with one attached hydrogen (secondary N) is 2. The molecule has 1 aliphatic heterocycles. The molecule has 0 radical (unpaired) electrons. The van der Waals surface area contributed by atoms with E-state index in [0.29, 0.717) is 13.2 Å². The molecule has 6 heteroatoms. The van der Waals surface area contributed by atoms with Gasteiger partial charge in [0.05, 0.1) is 19.8 Å². The molecule has 0 amide bonds. The Balaban J connectivity index is 0.00000312. The summed E-state index contributed by atoms with van der Waals surface area (Å²) in [5.74, 6) is 1.75. The second kappa shape index (κ2) is 12.1. The van der Waals surface area contributed by atoms with Gasteiger partial charge in [0.15, 0.2) is 5.96 Å². The van der Waals surface area contributed by atoms with Gasteiger partial charge in [-0.2, -0.15) is 0 Å². The normalized spacial score (nSPS) is 14.4. The smallest absolute Gasteiger partial charge is 0.191 e. The van der Waals surface area contributed by atoms with E-state index < -0.39 is 0 Å². The van der Waals surface area contributed by atoms with Crippen LogP contribution in [0.3, 0.4) is 0 Å². The average Bonchev–Trinajstić information content (AvgIpc) is 2.60. The molecule has 0 atom stereocenters. The zero-order valence-corrected chi connectivity index (χ0v) is 17.8. The van der Waals surface area contributed by atoms with Gasteiger partial charge in [0.1, 0.15) is 5.75 Å². The SMILES string of the molecule is CCOc1cc(C)ccc1CNC(=NC)NCCC1=CCOCC1.I. The molecule has 0 aliphatic carbocycles. The number of rotatable bonds is 7. The zero-order valence-electron chi connectivity index (χ0n) is 15.4. The molecule has 25 heavy (non-hydrogen) atoms. The van der Waals surface area contributed by atoms with Crippen LogP contribution in [0, 0.1) is 6.92 Å². The number of guanidine groups is 1. The molecule has 1 aromatic rings. The standard InChI is InChI=1S/C19H29N3O2.HI/c1-4-24-18-13-15(2)5-6-17(18)14-22-19(20-3)21-10-7-16-8-11-23-12-9-16;/h5-6,8,13H,4,7,9-12,14H2,1-3H3,(H2,20,21,22);1H. The van der Waals surface area contributed by atoms with E-state index in [1.807, 2.05) is 6.92 Å². The van der Waals surface area contributed by atoms with Crippen LogP contribution in [0.5, 0.6) is 5.75 Å². The van der Waals surface area contributed by atoms with Gasteiger partial charge < -0.3 is 20.1 Å². The van der Waals surface area contributed by atoms with Gasteiger partial charge in [-0.05, 0) is 38.3 Å². The summed E-state index contributed by atoms with van der Waals surface area (Å²) in [6.45, 7) is 7.89. The molecule has 0 saturated heterocycles. The van der Waals surface area contributed by atoms with Crippen LogP contribution in [0.1, 0.15) is 30.9 Å². The van der Waals surface area contributed by atoms with Gasteiger partial charge in [0.25, 0.3) is 0 Å². The van der Waals surface area contributed by atoms with E-state index in [9.17, 15) is 0 Å². The highest BCUT2D eigenvalue weighted by Gasteiger charge is 2.06. The molecule has 1 heterocycles. The van der Waals surface area contributed by atoms with E-state index in [1.165, 1.54) is 11.1 Å². The molecule has 0 spiro atoms. The molecule has 0 saturated carbocycles. The van der Waals surface area contributed by atoms with Gasteiger partial charge in [0, 0.05) is 25.7 Å². The predicted molar refractivity (Wildman–Crippen MR) is 114 cm³/mol. The average molecular weight is 459 g/mol. The van der Waals surface area contributed by atoms with Crippen LogP contribution in [-0.4, -0.2) is 39.4 Å². The first-order valence-electron chi connectivity index (χ1n) is 8.65. The molecule has 140 valence electrons. The molecular formula is C19H30IN3O2. The lowest BCUT2D eigenvalue weighted by atomic mass is 10.1. The summed E-state index contributed by atoms with van der Waals surface area (Å²) in [4.78, 5) is 4.29. The predicted octanol–water partition coefficient (Wildman–Crippen LogP) is 3.41. The summed E-state index contributed by atoms with van der Waals surface area (Å²) < 4.78 is 11.1. The van der Waals surface area contributed by atoms with Gasteiger partial charge in [-0.15, -0.1) is 24.0 Å². The Morgan fingerprint density at radius 2 is 2.16 bits per heavy atom. The van der Waals surface area contributed by atoms with Gasteiger partial charge >= 0.3 is 0 Å². The van der Waals surface area contributed by atoms with Crippen molar-refractivity contribution in [1.82, 2.24) is 10.6 Å². The first-order chi connectivity index (χ1) is 11.7. The lowest BCUT2D eigenvalue weighted by molar-refractivity contribution is 0.153. The minimum Gasteiger partial charge on any atom is -0.494 e. The van der Waals surface area contributed by atoms with E-state index in [1.54, 1.807) is 7.05 Å². The zero-order chi connectivity index (χ0) is 17.2. The molecule has 2 N–H and O–H groups in total. The molecule has 0 unspecified atom stereocenters. The molecule has 1 aliphatic rings. The van der Waals surface area contributed by atoms with Crippen molar-refractivity contribution in [2.75, 3.05) is 33.4 Å². The maximum Gasteiger partial charge on any atom is 0.191 e. The summed E-state index contributed by atoms with van der Waals surface area (Å²) in [6, 6.07) is 6.29. The van der Waals surface area contributed by atoms with Crippen LogP contribution in [0.15, 0.2) is 34.8 Å². The molecule has 1 aromatic carbocycles. The van der Waals surface area contributed by atoms with Crippen LogP contribution >= 0.6 is 24.0 Å². The second-order valence-corrected chi connectivity index (χ2v) is 5.83. The van der Waals surface area contributed by atoms with Crippen molar-refractivity contribution >= 4 is 29.9 Å². The third kappa shape index (κ3) is 7.64. The molecular weight excluding hydrogens is 429 g/mol. The summed E-state index contributed by atoms with van der Waals surface area (Å²) >= 11 is 0. The van der Waals surface area contributed by atoms with Crippen molar-refractivity contribution in [2.45, 2.75) is 33.2 Å². The minimum atomic E-state index is 0. The maximum absolute atomic E-state index is 5.72. The van der Waals surface area contributed by atoms with Crippen LogP contribution in [0.4, 0.5) is 0 Å². The Hall–Kier alpha value is -1.28. The van der Waals surface area contributed by atoms with Crippen LogP contribution in [0.25, 0.3) is 0 Å². The van der Waals surface area contributed by atoms with Crippen LogP contribution in [0.2, 0.25) is 0 Å². The van der Waals surface area contributed by atoms with Crippen molar-refractivity contribution < 1.29 is 9.47 Å².